The zero-order chi connectivity index (χ0) is 14.8. The summed E-state index contributed by atoms with van der Waals surface area (Å²) in [5.74, 6) is 0. The Morgan fingerprint density at radius 3 is 2.60 bits per heavy atom. The second-order valence-corrected chi connectivity index (χ2v) is 5.65. The molecule has 108 valence electrons. The maximum Gasteiger partial charge on any atom is 0.282 e. The predicted molar refractivity (Wildman–Crippen MR) is 72.9 cm³/mol. The van der Waals surface area contributed by atoms with Crippen molar-refractivity contribution in [3.63, 3.8) is 0 Å². The average molecular weight is 297 g/mol. The molecule has 20 heavy (non-hydrogen) atoms. The van der Waals surface area contributed by atoms with E-state index >= 15 is 0 Å². The second kappa shape index (κ2) is 5.45. The standard InChI is InChI=1S/C11H15N5O3S/c1-3-15-8-9(5-6-11(15)17)14-20(18,19)10-7-12-16(4-2)13-10/h5-8,14H,3-4H2,1-2H3. The van der Waals surface area contributed by atoms with Crippen LogP contribution in [0.3, 0.4) is 0 Å². The van der Waals surface area contributed by atoms with Gasteiger partial charge in [0, 0.05) is 18.8 Å². The quantitative estimate of drug-likeness (QED) is 0.854. The fourth-order valence-electron chi connectivity index (χ4n) is 1.60. The van der Waals surface area contributed by atoms with E-state index in [9.17, 15) is 13.2 Å². The molecule has 0 amide bonds. The number of anilines is 1. The summed E-state index contributed by atoms with van der Waals surface area (Å²) in [5.41, 5.74) is 0.116. The van der Waals surface area contributed by atoms with E-state index in [1.165, 1.54) is 33.9 Å². The van der Waals surface area contributed by atoms with Crippen molar-refractivity contribution in [1.82, 2.24) is 19.6 Å². The summed E-state index contributed by atoms with van der Waals surface area (Å²) < 4.78 is 28.0. The van der Waals surface area contributed by atoms with Crippen LogP contribution in [0.2, 0.25) is 0 Å². The number of nitrogens with zero attached hydrogens (tertiary/aromatic N) is 4. The van der Waals surface area contributed by atoms with Gasteiger partial charge in [0.05, 0.1) is 18.4 Å². The van der Waals surface area contributed by atoms with E-state index in [0.29, 0.717) is 18.8 Å². The molecule has 0 spiro atoms. The molecule has 8 nitrogen and oxygen atoms in total. The fraction of sp³-hybridized carbons (Fsp3) is 0.364. The molecule has 0 fully saturated rings. The van der Waals surface area contributed by atoms with E-state index in [1.54, 1.807) is 13.8 Å². The number of aromatic nitrogens is 4. The Morgan fingerprint density at radius 2 is 2.00 bits per heavy atom. The summed E-state index contributed by atoms with van der Waals surface area (Å²) in [5, 5.41) is 7.51. The van der Waals surface area contributed by atoms with E-state index in [0.717, 1.165) is 0 Å². The Labute approximate surface area is 116 Å². The SMILES string of the molecule is CCn1ncc(S(=O)(=O)Nc2ccc(=O)n(CC)c2)n1. The van der Waals surface area contributed by atoms with Crippen LogP contribution in [0.5, 0.6) is 0 Å². The number of hydrogen-bond acceptors (Lipinski definition) is 5. The zero-order valence-corrected chi connectivity index (χ0v) is 12.0. The van der Waals surface area contributed by atoms with Crippen LogP contribution in [0.4, 0.5) is 5.69 Å². The van der Waals surface area contributed by atoms with E-state index < -0.39 is 10.0 Å². The first-order valence-electron chi connectivity index (χ1n) is 6.09. The van der Waals surface area contributed by atoms with Crippen molar-refractivity contribution in [3.05, 3.63) is 34.9 Å². The largest absolute Gasteiger partial charge is 0.314 e. The summed E-state index contributed by atoms with van der Waals surface area (Å²) in [7, 11) is -3.80. The van der Waals surface area contributed by atoms with Crippen LogP contribution in [-0.4, -0.2) is 28.0 Å². The van der Waals surface area contributed by atoms with Crippen molar-refractivity contribution < 1.29 is 8.42 Å². The van der Waals surface area contributed by atoms with Gasteiger partial charge in [0.15, 0.2) is 0 Å². The molecule has 0 atom stereocenters. The summed E-state index contributed by atoms with van der Waals surface area (Å²) in [6.45, 7) is 4.55. The van der Waals surface area contributed by atoms with Crippen molar-refractivity contribution in [2.45, 2.75) is 32.0 Å². The van der Waals surface area contributed by atoms with Crippen LogP contribution in [0.15, 0.2) is 34.3 Å². The van der Waals surface area contributed by atoms with Gasteiger partial charge in [0.1, 0.15) is 0 Å². The van der Waals surface area contributed by atoms with E-state index in [4.69, 9.17) is 0 Å². The number of nitrogens with one attached hydrogen (secondary N) is 1. The molecule has 0 unspecified atom stereocenters. The third kappa shape index (κ3) is 2.87. The highest BCUT2D eigenvalue weighted by Crippen LogP contribution is 2.12. The molecule has 0 saturated heterocycles. The van der Waals surface area contributed by atoms with Gasteiger partial charge < -0.3 is 4.57 Å². The van der Waals surface area contributed by atoms with Gasteiger partial charge >= 0.3 is 0 Å². The van der Waals surface area contributed by atoms with Crippen molar-refractivity contribution in [3.8, 4) is 0 Å². The molecule has 0 radical (unpaired) electrons. The number of rotatable bonds is 5. The predicted octanol–water partition coefficient (Wildman–Crippen LogP) is 0.280. The molecule has 0 aliphatic heterocycles. The molecule has 0 saturated carbocycles. The maximum atomic E-state index is 12.1. The van der Waals surface area contributed by atoms with Crippen molar-refractivity contribution in [2.75, 3.05) is 4.72 Å². The Morgan fingerprint density at radius 1 is 1.25 bits per heavy atom. The summed E-state index contributed by atoms with van der Waals surface area (Å²) in [4.78, 5) is 12.7. The van der Waals surface area contributed by atoms with Crippen molar-refractivity contribution in [1.29, 1.82) is 0 Å². The molecule has 2 aromatic rings. The highest BCUT2D eigenvalue weighted by Gasteiger charge is 2.18. The van der Waals surface area contributed by atoms with Crippen LogP contribution in [0.25, 0.3) is 0 Å². The normalized spacial score (nSPS) is 11.5. The zero-order valence-electron chi connectivity index (χ0n) is 11.1. The Balaban J connectivity index is 2.30. The lowest BCUT2D eigenvalue weighted by atomic mass is 10.4. The van der Waals surface area contributed by atoms with E-state index in [-0.39, 0.29) is 10.6 Å². The minimum absolute atomic E-state index is 0.159. The molecule has 0 aliphatic rings. The van der Waals surface area contributed by atoms with Crippen molar-refractivity contribution in [2.24, 2.45) is 0 Å². The van der Waals surface area contributed by atoms with Crippen LogP contribution in [-0.2, 0) is 23.1 Å². The molecular formula is C11H15N5O3S. The van der Waals surface area contributed by atoms with Gasteiger partial charge in [-0.25, -0.2) is 0 Å². The van der Waals surface area contributed by atoms with Gasteiger partial charge in [0.2, 0.25) is 5.03 Å². The van der Waals surface area contributed by atoms with E-state index in [1.807, 2.05) is 0 Å². The minimum Gasteiger partial charge on any atom is -0.314 e. The van der Waals surface area contributed by atoms with Crippen LogP contribution in [0, 0.1) is 0 Å². The molecule has 0 aliphatic carbocycles. The van der Waals surface area contributed by atoms with E-state index in [2.05, 4.69) is 14.9 Å². The van der Waals surface area contributed by atoms with Gasteiger partial charge in [0.25, 0.3) is 15.6 Å². The van der Waals surface area contributed by atoms with Crippen molar-refractivity contribution >= 4 is 15.7 Å². The lowest BCUT2D eigenvalue weighted by molar-refractivity contribution is 0.551. The average Bonchev–Trinajstić information content (AvgIpc) is 2.90. The Hall–Kier alpha value is -2.16. The second-order valence-electron chi connectivity index (χ2n) is 4.02. The lowest BCUT2D eigenvalue weighted by Gasteiger charge is -2.07. The molecule has 2 rings (SSSR count). The topological polar surface area (TPSA) is 98.9 Å². The first-order valence-corrected chi connectivity index (χ1v) is 7.58. The highest BCUT2D eigenvalue weighted by atomic mass is 32.2. The monoisotopic (exact) mass is 297 g/mol. The fourth-order valence-corrected chi connectivity index (χ4v) is 2.53. The number of sulfonamides is 1. The number of pyridine rings is 1. The number of hydrogen-bond donors (Lipinski definition) is 1. The van der Waals surface area contributed by atoms with Crippen LogP contribution < -0.4 is 10.3 Å². The molecule has 0 bridgehead atoms. The third-order valence-electron chi connectivity index (χ3n) is 2.65. The summed E-state index contributed by atoms with van der Waals surface area (Å²) >= 11 is 0. The summed E-state index contributed by atoms with van der Waals surface area (Å²) in [6.07, 6.45) is 2.63. The minimum atomic E-state index is -3.80. The number of aryl methyl sites for hydroxylation is 2. The van der Waals surface area contributed by atoms with Gasteiger partial charge in [-0.1, -0.05) is 0 Å². The molecule has 1 N–H and O–H groups in total. The third-order valence-corrected chi connectivity index (χ3v) is 3.89. The maximum absolute atomic E-state index is 12.1. The molecule has 2 aromatic heterocycles. The highest BCUT2D eigenvalue weighted by molar-refractivity contribution is 7.92. The van der Waals surface area contributed by atoms with Crippen LogP contribution in [0.1, 0.15) is 13.8 Å². The molecule has 0 aromatic carbocycles. The molecule has 2 heterocycles. The Kier molecular flexibility index (Phi) is 3.89. The lowest BCUT2D eigenvalue weighted by Crippen LogP contribution is -2.20. The molecular weight excluding hydrogens is 282 g/mol. The van der Waals surface area contributed by atoms with Gasteiger partial charge in [-0.05, 0) is 19.9 Å². The smallest absolute Gasteiger partial charge is 0.282 e. The summed E-state index contributed by atoms with van der Waals surface area (Å²) in [6, 6.07) is 2.72. The molecule has 9 heteroatoms. The van der Waals surface area contributed by atoms with Gasteiger partial charge in [-0.3, -0.25) is 9.52 Å². The van der Waals surface area contributed by atoms with Gasteiger partial charge in [-0.15, -0.1) is 5.10 Å². The Bertz CT molecular complexity index is 762. The van der Waals surface area contributed by atoms with Gasteiger partial charge in [-0.2, -0.15) is 18.3 Å². The first kappa shape index (κ1) is 14.3. The first-order chi connectivity index (χ1) is 9.46. The van der Waals surface area contributed by atoms with Crippen LogP contribution >= 0.6 is 0 Å².